The van der Waals surface area contributed by atoms with Crippen molar-refractivity contribution in [2.24, 2.45) is 0 Å². The molecule has 6 nitrogen and oxygen atoms in total. The van der Waals surface area contributed by atoms with E-state index >= 15 is 0 Å². The van der Waals surface area contributed by atoms with Crippen molar-refractivity contribution in [2.75, 3.05) is 17.2 Å². The Morgan fingerprint density at radius 2 is 1.89 bits per heavy atom. The zero-order chi connectivity index (χ0) is 20.6. The maximum atomic E-state index is 13.6. The normalized spacial score (nSPS) is 16.0. The quantitative estimate of drug-likeness (QED) is 0.560. The van der Waals surface area contributed by atoms with Crippen molar-refractivity contribution in [1.82, 2.24) is 0 Å². The van der Waals surface area contributed by atoms with Crippen molar-refractivity contribution in [3.63, 3.8) is 0 Å². The second kappa shape index (κ2) is 7.31. The third-order valence-electron chi connectivity index (χ3n) is 4.40. The third-order valence-corrected chi connectivity index (χ3v) is 5.67. The first-order valence-electron chi connectivity index (χ1n) is 8.35. The van der Waals surface area contributed by atoms with Crippen molar-refractivity contribution in [2.45, 2.75) is 19.4 Å². The smallest absolute Gasteiger partial charge is 0.341 e. The predicted octanol–water partition coefficient (Wildman–Crippen LogP) is 2.72. The number of carbonyl (C=O) groups excluding carboxylic acids is 2. The lowest BCUT2D eigenvalue weighted by Gasteiger charge is -2.21. The number of esters is 1. The van der Waals surface area contributed by atoms with Gasteiger partial charge in [0.1, 0.15) is 11.6 Å². The lowest BCUT2D eigenvalue weighted by molar-refractivity contribution is 0.0470. The Bertz CT molecular complexity index is 1070. The zero-order valence-electron chi connectivity index (χ0n) is 15.1. The van der Waals surface area contributed by atoms with Gasteiger partial charge in [-0.2, -0.15) is 0 Å². The molecule has 0 N–H and O–H groups in total. The molecule has 1 aliphatic rings. The lowest BCUT2D eigenvalue weighted by Crippen LogP contribution is -2.34. The molecule has 0 saturated heterocycles. The molecule has 0 radical (unpaired) electrons. The Hall–Kier alpha value is -2.81. The van der Waals surface area contributed by atoms with Crippen molar-refractivity contribution >= 4 is 27.5 Å². The van der Waals surface area contributed by atoms with Gasteiger partial charge in [0.05, 0.1) is 17.5 Å². The third kappa shape index (κ3) is 3.89. The predicted molar refractivity (Wildman–Crippen MR) is 97.9 cm³/mol. The number of carbonyl (C=O) groups is 2. The lowest BCUT2D eigenvalue weighted by atomic mass is 10.0. The van der Waals surface area contributed by atoms with E-state index in [0.29, 0.717) is 23.7 Å². The summed E-state index contributed by atoms with van der Waals surface area (Å²) in [5, 5.41) is 0. The molecule has 1 heterocycles. The van der Waals surface area contributed by atoms with Gasteiger partial charge in [-0.15, -0.1) is 0 Å². The first-order chi connectivity index (χ1) is 13.1. The number of rotatable bonds is 5. The van der Waals surface area contributed by atoms with E-state index in [0.717, 1.165) is 18.4 Å². The topological polar surface area (TPSA) is 80.8 Å². The second-order valence-corrected chi connectivity index (χ2v) is 8.44. The molecule has 0 unspecified atom stereocenters. The molecule has 1 atom stereocenters. The van der Waals surface area contributed by atoms with Gasteiger partial charge in [-0.05, 0) is 49.2 Å². The summed E-state index contributed by atoms with van der Waals surface area (Å²) in [6.07, 6.45) is 1.57. The minimum atomic E-state index is -3.44. The first kappa shape index (κ1) is 19.9. The zero-order valence-corrected chi connectivity index (χ0v) is 15.9. The van der Waals surface area contributed by atoms with Crippen LogP contribution in [0.1, 0.15) is 33.2 Å². The van der Waals surface area contributed by atoms with Crippen LogP contribution in [-0.2, 0) is 21.2 Å². The van der Waals surface area contributed by atoms with Crippen molar-refractivity contribution in [3.8, 4) is 0 Å². The van der Waals surface area contributed by atoms with Gasteiger partial charge in [-0.25, -0.2) is 22.0 Å². The SMILES string of the molecule is C[C@@H]1Cc2cc(C(=O)COC(=O)c3ccc(F)cc3F)ccc2N1S(C)(=O)=O. The summed E-state index contributed by atoms with van der Waals surface area (Å²) in [7, 11) is -3.44. The van der Waals surface area contributed by atoms with Crippen molar-refractivity contribution in [1.29, 1.82) is 0 Å². The Morgan fingerprint density at radius 1 is 1.18 bits per heavy atom. The highest BCUT2D eigenvalue weighted by molar-refractivity contribution is 7.92. The number of halogens is 2. The number of fused-ring (bicyclic) bond motifs is 1. The largest absolute Gasteiger partial charge is 0.454 e. The fourth-order valence-electron chi connectivity index (χ4n) is 3.23. The van der Waals surface area contributed by atoms with E-state index in [1.54, 1.807) is 13.0 Å². The highest BCUT2D eigenvalue weighted by Crippen LogP contribution is 2.34. The Kier molecular flexibility index (Phi) is 5.20. The molecule has 0 amide bonds. The minimum Gasteiger partial charge on any atom is -0.454 e. The number of ketones is 1. The maximum absolute atomic E-state index is 13.6. The number of sulfonamides is 1. The van der Waals surface area contributed by atoms with Gasteiger partial charge in [0.25, 0.3) is 0 Å². The van der Waals surface area contributed by atoms with Gasteiger partial charge < -0.3 is 4.74 Å². The summed E-state index contributed by atoms with van der Waals surface area (Å²) >= 11 is 0. The van der Waals surface area contributed by atoms with Gasteiger partial charge in [0, 0.05) is 17.7 Å². The molecular formula is C19H17F2NO5S. The molecule has 0 spiro atoms. The molecule has 1 aliphatic heterocycles. The number of hydrogen-bond donors (Lipinski definition) is 0. The number of hydrogen-bond acceptors (Lipinski definition) is 5. The molecule has 3 rings (SSSR count). The average Bonchev–Trinajstić information content (AvgIpc) is 2.94. The molecule has 28 heavy (non-hydrogen) atoms. The molecule has 0 aliphatic carbocycles. The van der Waals surface area contributed by atoms with Crippen LogP contribution in [0.3, 0.4) is 0 Å². The monoisotopic (exact) mass is 409 g/mol. The summed E-state index contributed by atoms with van der Waals surface area (Å²) in [4.78, 5) is 24.2. The van der Waals surface area contributed by atoms with E-state index in [9.17, 15) is 26.8 Å². The van der Waals surface area contributed by atoms with Crippen LogP contribution >= 0.6 is 0 Å². The van der Waals surface area contributed by atoms with E-state index in [4.69, 9.17) is 4.74 Å². The van der Waals surface area contributed by atoms with Crippen LogP contribution in [0.5, 0.6) is 0 Å². The molecule has 9 heteroatoms. The van der Waals surface area contributed by atoms with Crippen LogP contribution in [0.15, 0.2) is 36.4 Å². The minimum absolute atomic E-state index is 0.244. The molecule has 0 fully saturated rings. The van der Waals surface area contributed by atoms with E-state index < -0.39 is 45.6 Å². The van der Waals surface area contributed by atoms with Gasteiger partial charge >= 0.3 is 5.97 Å². The second-order valence-electron chi connectivity index (χ2n) is 6.58. The molecule has 2 aromatic rings. The van der Waals surface area contributed by atoms with Crippen LogP contribution in [-0.4, -0.2) is 39.1 Å². The highest BCUT2D eigenvalue weighted by Gasteiger charge is 2.32. The molecule has 0 aromatic heterocycles. The van der Waals surface area contributed by atoms with E-state index in [-0.39, 0.29) is 11.6 Å². The summed E-state index contributed by atoms with van der Waals surface area (Å²) in [5.74, 6) is -3.52. The Labute approximate surface area is 160 Å². The summed E-state index contributed by atoms with van der Waals surface area (Å²) < 4.78 is 56.5. The summed E-state index contributed by atoms with van der Waals surface area (Å²) in [6, 6.07) is 6.68. The fourth-order valence-corrected chi connectivity index (χ4v) is 4.49. The Morgan fingerprint density at radius 3 is 2.54 bits per heavy atom. The summed E-state index contributed by atoms with van der Waals surface area (Å²) in [6.45, 7) is 1.14. The molecular weight excluding hydrogens is 392 g/mol. The molecule has 2 aromatic carbocycles. The fraction of sp³-hybridized carbons (Fsp3) is 0.263. The standard InChI is InChI=1S/C19H17F2NO5S/c1-11-7-13-8-12(3-6-17(13)22(11)28(2,25)26)18(23)10-27-19(24)15-5-4-14(20)9-16(15)21/h3-6,8-9,11H,7,10H2,1-2H3/t11-/m1/s1. The van der Waals surface area contributed by atoms with Crippen LogP contribution in [0.4, 0.5) is 14.5 Å². The molecule has 0 bridgehead atoms. The molecule has 148 valence electrons. The van der Waals surface area contributed by atoms with E-state index in [1.165, 1.54) is 16.4 Å². The van der Waals surface area contributed by atoms with E-state index in [2.05, 4.69) is 0 Å². The van der Waals surface area contributed by atoms with Gasteiger partial charge in [-0.1, -0.05) is 0 Å². The van der Waals surface area contributed by atoms with Gasteiger partial charge in [0.15, 0.2) is 12.4 Å². The molecule has 0 saturated carbocycles. The maximum Gasteiger partial charge on any atom is 0.341 e. The number of benzene rings is 2. The Balaban J connectivity index is 1.72. The van der Waals surface area contributed by atoms with Gasteiger partial charge in [0.2, 0.25) is 10.0 Å². The van der Waals surface area contributed by atoms with Crippen molar-refractivity contribution < 1.29 is 31.5 Å². The first-order valence-corrected chi connectivity index (χ1v) is 10.2. The number of ether oxygens (including phenoxy) is 1. The van der Waals surface area contributed by atoms with E-state index in [1.807, 2.05) is 0 Å². The van der Waals surface area contributed by atoms with Crippen LogP contribution in [0.2, 0.25) is 0 Å². The number of Topliss-reactive ketones (excluding diaryl/α,β-unsaturated/α-hetero) is 1. The van der Waals surface area contributed by atoms with Crippen LogP contribution < -0.4 is 4.31 Å². The number of anilines is 1. The number of nitrogens with zero attached hydrogens (tertiary/aromatic N) is 1. The van der Waals surface area contributed by atoms with Crippen LogP contribution in [0, 0.1) is 11.6 Å². The summed E-state index contributed by atoms with van der Waals surface area (Å²) in [5.41, 5.74) is 0.978. The van der Waals surface area contributed by atoms with Crippen molar-refractivity contribution in [3.05, 3.63) is 64.7 Å². The van der Waals surface area contributed by atoms with Gasteiger partial charge in [-0.3, -0.25) is 9.10 Å². The average molecular weight is 409 g/mol. The highest BCUT2D eigenvalue weighted by atomic mass is 32.2. The van der Waals surface area contributed by atoms with Crippen LogP contribution in [0.25, 0.3) is 0 Å².